The van der Waals surface area contributed by atoms with Crippen molar-refractivity contribution in [2.24, 2.45) is 5.92 Å². The number of carbonyl (C=O) groups is 2. The van der Waals surface area contributed by atoms with Gasteiger partial charge in [-0.2, -0.15) is 0 Å². The summed E-state index contributed by atoms with van der Waals surface area (Å²) >= 11 is 0. The van der Waals surface area contributed by atoms with E-state index in [1.165, 1.54) is 5.57 Å². The number of rotatable bonds is 7. The van der Waals surface area contributed by atoms with Crippen molar-refractivity contribution in [3.63, 3.8) is 0 Å². The summed E-state index contributed by atoms with van der Waals surface area (Å²) < 4.78 is 18.1. The minimum absolute atomic E-state index is 0.00622. The van der Waals surface area contributed by atoms with Gasteiger partial charge in [-0.15, -0.1) is 0 Å². The van der Waals surface area contributed by atoms with Gasteiger partial charge in [-0.1, -0.05) is 11.6 Å². The van der Waals surface area contributed by atoms with Gasteiger partial charge in [0.05, 0.1) is 18.2 Å². The molecule has 1 unspecified atom stereocenters. The molecule has 0 aromatic rings. The summed E-state index contributed by atoms with van der Waals surface area (Å²) in [5, 5.41) is 2.85. The zero-order valence-electron chi connectivity index (χ0n) is 20.3. The molecule has 0 radical (unpaired) electrons. The first-order valence-corrected chi connectivity index (χ1v) is 12.7. The fourth-order valence-electron chi connectivity index (χ4n) is 5.91. The molecule has 5 aliphatic rings. The first-order chi connectivity index (χ1) is 15.8. The van der Waals surface area contributed by atoms with Crippen LogP contribution in [-0.2, 0) is 19.0 Å². The Kier molecular flexibility index (Phi) is 6.20. The number of epoxide rings is 2. The van der Waals surface area contributed by atoms with Crippen molar-refractivity contribution in [1.29, 1.82) is 0 Å². The van der Waals surface area contributed by atoms with Crippen LogP contribution in [0.15, 0.2) is 11.6 Å². The quantitative estimate of drug-likeness (QED) is 0.463. The molecule has 8 nitrogen and oxygen atoms in total. The van der Waals surface area contributed by atoms with Gasteiger partial charge in [0, 0.05) is 26.2 Å². The lowest BCUT2D eigenvalue weighted by Crippen LogP contribution is -2.53. The van der Waals surface area contributed by atoms with Gasteiger partial charge in [-0.3, -0.25) is 9.69 Å². The van der Waals surface area contributed by atoms with Crippen LogP contribution in [0, 0.1) is 5.92 Å². The average Bonchev–Trinajstić information content (AvgIpc) is 3.63. The molecular weight excluding hydrogens is 422 g/mol. The normalized spacial score (nSPS) is 38.5. The Labute approximate surface area is 197 Å². The minimum atomic E-state index is -0.169. The van der Waals surface area contributed by atoms with Crippen LogP contribution >= 0.6 is 0 Å². The molecule has 5 rings (SSSR count). The van der Waals surface area contributed by atoms with Crippen LogP contribution in [-0.4, -0.2) is 90.6 Å². The van der Waals surface area contributed by atoms with Gasteiger partial charge >= 0.3 is 6.09 Å². The van der Waals surface area contributed by atoms with Gasteiger partial charge in [-0.25, -0.2) is 4.79 Å². The van der Waals surface area contributed by atoms with E-state index in [4.69, 9.17) is 14.2 Å². The summed E-state index contributed by atoms with van der Waals surface area (Å²) in [7, 11) is 0. The lowest BCUT2D eigenvalue weighted by Gasteiger charge is -2.40. The number of hydrogen-bond acceptors (Lipinski definition) is 6. The van der Waals surface area contributed by atoms with Crippen LogP contribution in [0.5, 0.6) is 0 Å². The number of amides is 2. The Morgan fingerprint density at radius 1 is 1.24 bits per heavy atom. The monoisotopic (exact) mass is 461 g/mol. The van der Waals surface area contributed by atoms with Gasteiger partial charge in [-0.05, 0) is 71.8 Å². The Morgan fingerprint density at radius 3 is 2.70 bits per heavy atom. The van der Waals surface area contributed by atoms with Crippen molar-refractivity contribution < 1.29 is 23.8 Å². The molecule has 4 aliphatic heterocycles. The van der Waals surface area contributed by atoms with Crippen LogP contribution in [0.2, 0.25) is 0 Å². The molecule has 5 fully saturated rings. The van der Waals surface area contributed by atoms with Gasteiger partial charge < -0.3 is 24.4 Å². The topological polar surface area (TPSA) is 86.9 Å². The second-order valence-corrected chi connectivity index (χ2v) is 11.1. The van der Waals surface area contributed by atoms with Crippen molar-refractivity contribution >= 4 is 12.0 Å². The van der Waals surface area contributed by atoms with E-state index < -0.39 is 0 Å². The molecule has 8 heteroatoms. The summed E-state index contributed by atoms with van der Waals surface area (Å²) in [6.45, 7) is 11.0. The van der Waals surface area contributed by atoms with Crippen LogP contribution < -0.4 is 5.32 Å². The number of nitrogens with zero attached hydrogens (tertiary/aromatic N) is 2. The molecule has 4 heterocycles. The molecule has 4 saturated heterocycles. The zero-order chi connectivity index (χ0) is 23.2. The maximum atomic E-state index is 12.6. The molecule has 3 atom stereocenters. The number of allylic oxidation sites excluding steroid dienone is 1. The Morgan fingerprint density at radius 2 is 2.00 bits per heavy atom. The molecule has 2 amide bonds. The highest BCUT2D eigenvalue weighted by Gasteiger charge is 2.73. The second-order valence-electron chi connectivity index (χ2n) is 11.1. The van der Waals surface area contributed by atoms with E-state index in [-0.39, 0.29) is 41.5 Å². The van der Waals surface area contributed by atoms with Crippen molar-refractivity contribution in [3.05, 3.63) is 11.6 Å². The standard InChI is InChI=1S/C25H39N3O5/c1-17(2)4-5-20-24(3,32-20)22-25(33-22)9-6-19(7-10-25)31-23(30)28-14-18(15-28)8-12-27-13-11-26-21(29)16-27/h4,18-20,22H,5-16H2,1-3H3,(H,26,29)/t19?,20-,22?,24-,25?/m1/s1. The first-order valence-electron chi connectivity index (χ1n) is 12.7. The second kappa shape index (κ2) is 8.86. The third-order valence-corrected chi connectivity index (χ3v) is 8.25. The molecule has 1 saturated carbocycles. The summed E-state index contributed by atoms with van der Waals surface area (Å²) in [4.78, 5) is 28.0. The van der Waals surface area contributed by atoms with Crippen molar-refractivity contribution in [3.8, 4) is 0 Å². The highest BCUT2D eigenvalue weighted by molar-refractivity contribution is 5.78. The van der Waals surface area contributed by atoms with Crippen LogP contribution in [0.3, 0.4) is 0 Å². The van der Waals surface area contributed by atoms with Crippen LogP contribution in [0.4, 0.5) is 4.79 Å². The average molecular weight is 462 g/mol. The van der Waals surface area contributed by atoms with Gasteiger partial charge in [0.2, 0.25) is 5.91 Å². The number of nitrogens with one attached hydrogen (secondary N) is 1. The maximum Gasteiger partial charge on any atom is 0.410 e. The summed E-state index contributed by atoms with van der Waals surface area (Å²) in [6, 6.07) is 0. The van der Waals surface area contributed by atoms with Crippen molar-refractivity contribution in [2.75, 3.05) is 39.3 Å². The number of carbonyl (C=O) groups excluding carboxylic acids is 2. The Hall–Kier alpha value is -1.64. The van der Waals surface area contributed by atoms with E-state index in [9.17, 15) is 9.59 Å². The van der Waals surface area contributed by atoms with E-state index in [1.807, 2.05) is 4.90 Å². The highest BCUT2D eigenvalue weighted by atomic mass is 16.7. The Balaban J connectivity index is 0.982. The van der Waals surface area contributed by atoms with Crippen LogP contribution in [0.1, 0.15) is 59.3 Å². The van der Waals surface area contributed by atoms with E-state index in [0.29, 0.717) is 12.5 Å². The summed E-state index contributed by atoms with van der Waals surface area (Å²) in [5.41, 5.74) is 1.11. The van der Waals surface area contributed by atoms with E-state index in [1.54, 1.807) is 0 Å². The van der Waals surface area contributed by atoms with E-state index >= 15 is 0 Å². The van der Waals surface area contributed by atoms with E-state index in [0.717, 1.165) is 71.2 Å². The molecule has 1 spiro atoms. The van der Waals surface area contributed by atoms with Crippen LogP contribution in [0.25, 0.3) is 0 Å². The third-order valence-electron chi connectivity index (χ3n) is 8.25. The maximum absolute atomic E-state index is 12.6. The van der Waals surface area contributed by atoms with E-state index in [2.05, 4.69) is 37.1 Å². The number of likely N-dealkylation sites (tertiary alicyclic amines) is 1. The molecule has 0 aromatic carbocycles. The number of ether oxygens (including phenoxy) is 3. The molecule has 1 aliphatic carbocycles. The molecule has 0 bridgehead atoms. The third kappa shape index (κ3) is 4.93. The number of hydrogen-bond donors (Lipinski definition) is 1. The molecular formula is C25H39N3O5. The van der Waals surface area contributed by atoms with Gasteiger partial charge in [0.25, 0.3) is 0 Å². The fourth-order valence-corrected chi connectivity index (χ4v) is 5.91. The largest absolute Gasteiger partial charge is 0.446 e. The smallest absolute Gasteiger partial charge is 0.410 e. The predicted molar refractivity (Wildman–Crippen MR) is 123 cm³/mol. The summed E-state index contributed by atoms with van der Waals surface area (Å²) in [6.07, 6.45) is 8.11. The predicted octanol–water partition coefficient (Wildman–Crippen LogP) is 2.47. The van der Waals surface area contributed by atoms with Crippen molar-refractivity contribution in [2.45, 2.75) is 88.8 Å². The van der Waals surface area contributed by atoms with Gasteiger partial charge in [0.1, 0.15) is 17.8 Å². The lowest BCUT2D eigenvalue weighted by atomic mass is 9.80. The summed E-state index contributed by atoms with van der Waals surface area (Å²) in [5.74, 6) is 0.621. The molecule has 1 N–H and O–H groups in total. The number of piperazine rings is 1. The fraction of sp³-hybridized carbons (Fsp3) is 0.840. The lowest BCUT2D eigenvalue weighted by molar-refractivity contribution is -0.124. The highest BCUT2D eigenvalue weighted by Crippen LogP contribution is 2.60. The minimum Gasteiger partial charge on any atom is -0.446 e. The van der Waals surface area contributed by atoms with Gasteiger partial charge in [0.15, 0.2) is 0 Å². The zero-order valence-corrected chi connectivity index (χ0v) is 20.3. The molecule has 0 aromatic heterocycles. The first kappa shape index (κ1) is 23.1. The Bertz CT molecular complexity index is 798. The molecule has 33 heavy (non-hydrogen) atoms. The van der Waals surface area contributed by atoms with Crippen molar-refractivity contribution in [1.82, 2.24) is 15.1 Å². The molecule has 184 valence electrons. The SMILES string of the molecule is CC(C)=CC[C@H]1O[C@@]1(C)C1OC12CCC(OC(=O)N1CC(CCN3CCNC(=O)C3)C1)CC2.